The maximum atomic E-state index is 13.1. The molecule has 3 amide bonds. The number of ether oxygens (including phenoxy) is 1. The van der Waals surface area contributed by atoms with Gasteiger partial charge in [0, 0.05) is 43.9 Å². The Labute approximate surface area is 227 Å². The fraction of sp³-hybridized carbons (Fsp3) is 0.414. The highest BCUT2D eigenvalue weighted by Gasteiger charge is 2.45. The highest BCUT2D eigenvalue weighted by Crippen LogP contribution is 2.48. The summed E-state index contributed by atoms with van der Waals surface area (Å²) < 4.78 is 5.47. The summed E-state index contributed by atoms with van der Waals surface area (Å²) in [7, 11) is 1.76. The first-order valence-corrected chi connectivity index (χ1v) is 13.1. The van der Waals surface area contributed by atoms with Gasteiger partial charge in [-0.3, -0.25) is 14.9 Å². The molecule has 0 radical (unpaired) electrons. The molecule has 3 atom stereocenters. The van der Waals surface area contributed by atoms with Gasteiger partial charge in [-0.25, -0.2) is 9.59 Å². The van der Waals surface area contributed by atoms with Gasteiger partial charge in [0.15, 0.2) is 0 Å². The van der Waals surface area contributed by atoms with Crippen LogP contribution in [0.2, 0.25) is 0 Å². The number of nitro groups is 1. The van der Waals surface area contributed by atoms with Crippen LogP contribution in [-0.4, -0.2) is 58.9 Å². The van der Waals surface area contributed by atoms with Gasteiger partial charge in [-0.15, -0.1) is 0 Å². The van der Waals surface area contributed by atoms with Crippen LogP contribution in [0.3, 0.4) is 0 Å². The van der Waals surface area contributed by atoms with Crippen LogP contribution in [0.4, 0.5) is 10.5 Å². The van der Waals surface area contributed by atoms with Gasteiger partial charge >= 0.3 is 12.0 Å². The van der Waals surface area contributed by atoms with Crippen LogP contribution in [-0.2, 0) is 14.3 Å². The zero-order valence-electron chi connectivity index (χ0n) is 22.6. The first-order valence-electron chi connectivity index (χ1n) is 13.1. The molecule has 206 valence electrons. The number of hydrogen-bond donors (Lipinski definition) is 1. The first-order chi connectivity index (χ1) is 18.6. The highest BCUT2D eigenvalue weighted by molar-refractivity contribution is 5.95. The summed E-state index contributed by atoms with van der Waals surface area (Å²) in [6.45, 7) is 5.70. The van der Waals surface area contributed by atoms with Crippen molar-refractivity contribution in [1.82, 2.24) is 15.1 Å². The summed E-state index contributed by atoms with van der Waals surface area (Å²) >= 11 is 0. The summed E-state index contributed by atoms with van der Waals surface area (Å²) in [6.07, 6.45) is 0.883. The second kappa shape index (κ2) is 11.7. The monoisotopic (exact) mass is 534 g/mol. The van der Waals surface area contributed by atoms with Crippen molar-refractivity contribution in [3.63, 3.8) is 0 Å². The van der Waals surface area contributed by atoms with Crippen LogP contribution in [0.15, 0.2) is 65.9 Å². The molecule has 0 saturated heterocycles. The van der Waals surface area contributed by atoms with E-state index >= 15 is 0 Å². The van der Waals surface area contributed by atoms with E-state index in [2.05, 4.69) is 5.32 Å². The summed E-state index contributed by atoms with van der Waals surface area (Å²) in [5, 5.41) is 14.2. The standard InChI is InChI=1S/C29H34N4O6/c1-18(2)39-28(35)25-19(3)30-29(36)32(26(25)21-12-8-13-22(16-21)33(37)38)15-9-14-31(4)27(34)24-17-23(24)20-10-6-5-7-11-20/h5-8,10-13,16,18,23-24,26H,9,14-15,17H2,1-4H3,(H,30,36). The van der Waals surface area contributed by atoms with Crippen molar-refractivity contribution in [2.45, 2.75) is 51.7 Å². The number of esters is 1. The quantitative estimate of drug-likeness (QED) is 0.271. The van der Waals surface area contributed by atoms with E-state index in [0.717, 1.165) is 12.0 Å². The third-order valence-corrected chi connectivity index (χ3v) is 7.11. The van der Waals surface area contributed by atoms with Crippen LogP contribution in [0, 0.1) is 16.0 Å². The Balaban J connectivity index is 1.50. The van der Waals surface area contributed by atoms with Crippen LogP contribution in [0.25, 0.3) is 0 Å². The molecule has 4 rings (SSSR count). The second-order valence-corrected chi connectivity index (χ2v) is 10.3. The van der Waals surface area contributed by atoms with Crippen molar-refractivity contribution in [2.75, 3.05) is 20.1 Å². The Kier molecular flexibility index (Phi) is 8.32. The molecule has 10 heteroatoms. The summed E-state index contributed by atoms with van der Waals surface area (Å²) in [6, 6.07) is 14.6. The summed E-state index contributed by atoms with van der Waals surface area (Å²) in [5.74, 6) is -0.345. The number of urea groups is 1. The number of carbonyl (C=O) groups is 3. The molecule has 2 aliphatic rings. The Morgan fingerprint density at radius 3 is 2.51 bits per heavy atom. The molecule has 1 aliphatic carbocycles. The minimum Gasteiger partial charge on any atom is -0.459 e. The van der Waals surface area contributed by atoms with Gasteiger partial charge in [0.05, 0.1) is 22.6 Å². The van der Waals surface area contributed by atoms with Gasteiger partial charge in [0.25, 0.3) is 5.69 Å². The van der Waals surface area contributed by atoms with Gasteiger partial charge < -0.3 is 19.9 Å². The SMILES string of the molecule is CC1=C(C(=O)OC(C)C)C(c2cccc([N+](=O)[O-])c2)N(CCCN(C)C(=O)C2CC2c2ccccc2)C(=O)N1. The topological polar surface area (TPSA) is 122 Å². The predicted octanol–water partition coefficient (Wildman–Crippen LogP) is 4.54. The van der Waals surface area contributed by atoms with Gasteiger partial charge in [-0.2, -0.15) is 0 Å². The van der Waals surface area contributed by atoms with Gasteiger partial charge in [0.1, 0.15) is 0 Å². The van der Waals surface area contributed by atoms with E-state index in [1.165, 1.54) is 23.1 Å². The number of carbonyl (C=O) groups excluding carboxylic acids is 3. The third kappa shape index (κ3) is 6.27. The number of nitrogens with zero attached hydrogens (tertiary/aromatic N) is 3. The van der Waals surface area contributed by atoms with E-state index in [-0.39, 0.29) is 35.5 Å². The number of allylic oxidation sites excluding steroid dienone is 1. The first kappa shape index (κ1) is 27.8. The van der Waals surface area contributed by atoms with E-state index in [0.29, 0.717) is 24.2 Å². The lowest BCUT2D eigenvalue weighted by molar-refractivity contribution is -0.384. The Bertz CT molecular complexity index is 1290. The van der Waals surface area contributed by atoms with Gasteiger partial charge in [-0.05, 0) is 50.7 Å². The van der Waals surface area contributed by atoms with Crippen molar-refractivity contribution in [2.24, 2.45) is 5.92 Å². The largest absolute Gasteiger partial charge is 0.459 e. The van der Waals surface area contributed by atoms with E-state index in [1.807, 2.05) is 30.3 Å². The molecule has 0 spiro atoms. The maximum absolute atomic E-state index is 13.1. The predicted molar refractivity (Wildman–Crippen MR) is 145 cm³/mol. The van der Waals surface area contributed by atoms with Crippen molar-refractivity contribution in [3.05, 3.63) is 87.1 Å². The van der Waals surface area contributed by atoms with E-state index < -0.39 is 29.1 Å². The minimum absolute atomic E-state index is 0.0451. The van der Waals surface area contributed by atoms with E-state index in [9.17, 15) is 24.5 Å². The molecule has 1 N–H and O–H groups in total. The fourth-order valence-electron chi connectivity index (χ4n) is 5.11. The normalized spacial score (nSPS) is 20.5. The van der Waals surface area contributed by atoms with Crippen LogP contribution in [0.5, 0.6) is 0 Å². The van der Waals surface area contributed by atoms with Crippen molar-refractivity contribution in [3.8, 4) is 0 Å². The Hall–Kier alpha value is -4.21. The van der Waals surface area contributed by atoms with E-state index in [1.54, 1.807) is 38.8 Å². The zero-order chi connectivity index (χ0) is 28.3. The second-order valence-electron chi connectivity index (χ2n) is 10.3. The summed E-state index contributed by atoms with van der Waals surface area (Å²) in [4.78, 5) is 53.4. The molecule has 1 fully saturated rings. The molecular formula is C29H34N4O6. The number of rotatable bonds is 10. The highest BCUT2D eigenvalue weighted by atomic mass is 16.6. The molecular weight excluding hydrogens is 500 g/mol. The van der Waals surface area contributed by atoms with Crippen molar-refractivity contribution in [1.29, 1.82) is 0 Å². The Morgan fingerprint density at radius 1 is 1.15 bits per heavy atom. The lowest BCUT2D eigenvalue weighted by Gasteiger charge is -2.38. The van der Waals surface area contributed by atoms with Crippen molar-refractivity contribution < 1.29 is 24.0 Å². The van der Waals surface area contributed by atoms with Crippen molar-refractivity contribution >= 4 is 23.6 Å². The molecule has 1 aliphatic heterocycles. The molecule has 0 aromatic heterocycles. The average molecular weight is 535 g/mol. The third-order valence-electron chi connectivity index (χ3n) is 7.11. The molecule has 1 saturated carbocycles. The molecule has 3 unspecified atom stereocenters. The van der Waals surface area contributed by atoms with Crippen LogP contribution in [0.1, 0.15) is 56.7 Å². The van der Waals surface area contributed by atoms with Gasteiger partial charge in [0.2, 0.25) is 5.91 Å². The molecule has 39 heavy (non-hydrogen) atoms. The lowest BCUT2D eigenvalue weighted by Crippen LogP contribution is -2.49. The lowest BCUT2D eigenvalue weighted by atomic mass is 9.93. The average Bonchev–Trinajstić information content (AvgIpc) is 3.70. The van der Waals surface area contributed by atoms with Crippen LogP contribution < -0.4 is 5.32 Å². The van der Waals surface area contributed by atoms with Gasteiger partial charge in [-0.1, -0.05) is 42.5 Å². The zero-order valence-corrected chi connectivity index (χ0v) is 22.6. The molecule has 10 nitrogen and oxygen atoms in total. The number of amides is 3. The number of benzene rings is 2. The smallest absolute Gasteiger partial charge is 0.338 e. The minimum atomic E-state index is -0.878. The number of non-ortho nitro benzene ring substituents is 1. The summed E-state index contributed by atoms with van der Waals surface area (Å²) in [5.41, 5.74) is 2.01. The molecule has 0 bridgehead atoms. The molecule has 2 aromatic carbocycles. The molecule has 1 heterocycles. The fourth-order valence-corrected chi connectivity index (χ4v) is 5.11. The number of hydrogen-bond acceptors (Lipinski definition) is 6. The Morgan fingerprint density at radius 2 is 1.85 bits per heavy atom. The number of nitro benzene ring substituents is 1. The molecule has 2 aromatic rings. The maximum Gasteiger partial charge on any atom is 0.338 e. The van der Waals surface area contributed by atoms with Crippen LogP contribution >= 0.6 is 0 Å². The number of nitrogens with one attached hydrogen (secondary N) is 1. The van der Waals surface area contributed by atoms with E-state index in [4.69, 9.17) is 4.74 Å².